The van der Waals surface area contributed by atoms with E-state index in [0.717, 1.165) is 35.5 Å². The van der Waals surface area contributed by atoms with E-state index in [9.17, 15) is 0 Å². The van der Waals surface area contributed by atoms with Gasteiger partial charge in [-0.3, -0.25) is 0 Å². The molecule has 1 saturated carbocycles. The Balaban J connectivity index is 2.46. The highest BCUT2D eigenvalue weighted by Gasteiger charge is 2.46. The fourth-order valence-corrected chi connectivity index (χ4v) is 2.49. The summed E-state index contributed by atoms with van der Waals surface area (Å²) in [6, 6.07) is 4.13. The molecule has 100 valence electrons. The summed E-state index contributed by atoms with van der Waals surface area (Å²) in [4.78, 5) is 0. The third-order valence-corrected chi connectivity index (χ3v) is 3.75. The highest BCUT2D eigenvalue weighted by atomic mass is 16.5. The predicted octanol–water partition coefficient (Wildman–Crippen LogP) is 1.76. The molecule has 2 rings (SSSR count). The van der Waals surface area contributed by atoms with Crippen LogP contribution in [0.5, 0.6) is 11.5 Å². The molecule has 1 fully saturated rings. The Bertz CT molecular complexity index is 442. The Hall–Kier alpha value is -1.26. The highest BCUT2D eigenvalue weighted by molar-refractivity contribution is 5.49. The molecule has 18 heavy (non-hydrogen) atoms. The molecule has 0 bridgehead atoms. The molecule has 1 atom stereocenters. The minimum Gasteiger partial charge on any atom is -0.496 e. The lowest BCUT2D eigenvalue weighted by molar-refractivity contribution is 0.377. The molecule has 4 nitrogen and oxygen atoms in total. The van der Waals surface area contributed by atoms with Gasteiger partial charge >= 0.3 is 0 Å². The molecule has 0 aromatic heterocycles. The predicted molar refractivity (Wildman–Crippen MR) is 72.2 cm³/mol. The van der Waals surface area contributed by atoms with Gasteiger partial charge in [-0.05, 0) is 44.5 Å². The molecular formula is C14H22N2O2. The molecule has 0 amide bonds. The number of ether oxygens (including phenoxy) is 2. The van der Waals surface area contributed by atoms with Crippen LogP contribution in [0.1, 0.15) is 30.0 Å². The average molecular weight is 250 g/mol. The minimum absolute atomic E-state index is 0.0990. The molecule has 0 aliphatic heterocycles. The van der Waals surface area contributed by atoms with E-state index in [1.54, 1.807) is 14.2 Å². The van der Waals surface area contributed by atoms with Crippen molar-refractivity contribution in [1.29, 1.82) is 0 Å². The van der Waals surface area contributed by atoms with Gasteiger partial charge in [0.15, 0.2) is 0 Å². The maximum atomic E-state index is 6.33. The minimum atomic E-state index is -0.150. The Morgan fingerprint density at radius 3 is 2.28 bits per heavy atom. The van der Waals surface area contributed by atoms with Crippen LogP contribution in [-0.2, 0) is 0 Å². The number of nitrogens with two attached hydrogens (primary N) is 1. The molecule has 1 aromatic carbocycles. The van der Waals surface area contributed by atoms with Crippen LogP contribution in [0.4, 0.5) is 0 Å². The summed E-state index contributed by atoms with van der Waals surface area (Å²) in [7, 11) is 5.30. The molecular weight excluding hydrogens is 228 g/mol. The molecule has 1 aliphatic rings. The molecule has 0 radical (unpaired) electrons. The third kappa shape index (κ3) is 2.18. The smallest absolute Gasteiger partial charge is 0.124 e. The summed E-state index contributed by atoms with van der Waals surface area (Å²) >= 11 is 0. The summed E-state index contributed by atoms with van der Waals surface area (Å²) in [6.07, 6.45) is 2.08. The Morgan fingerprint density at radius 2 is 1.83 bits per heavy atom. The first-order chi connectivity index (χ1) is 8.55. The van der Waals surface area contributed by atoms with E-state index in [1.807, 2.05) is 26.1 Å². The lowest BCUT2D eigenvalue weighted by Crippen LogP contribution is -2.38. The SMILES string of the molecule is CNC(c1cc(OC)c(C)cc1OC)C1(N)CC1. The van der Waals surface area contributed by atoms with Crippen LogP contribution in [0.15, 0.2) is 12.1 Å². The summed E-state index contributed by atoms with van der Waals surface area (Å²) in [5, 5.41) is 3.31. The molecule has 0 heterocycles. The quantitative estimate of drug-likeness (QED) is 0.836. The van der Waals surface area contributed by atoms with Crippen molar-refractivity contribution in [2.24, 2.45) is 5.73 Å². The van der Waals surface area contributed by atoms with Crippen molar-refractivity contribution >= 4 is 0 Å². The van der Waals surface area contributed by atoms with Crippen molar-refractivity contribution in [1.82, 2.24) is 5.32 Å². The van der Waals surface area contributed by atoms with Crippen molar-refractivity contribution < 1.29 is 9.47 Å². The van der Waals surface area contributed by atoms with Crippen molar-refractivity contribution in [2.45, 2.75) is 31.3 Å². The van der Waals surface area contributed by atoms with Gasteiger partial charge in [0, 0.05) is 11.1 Å². The van der Waals surface area contributed by atoms with Crippen LogP contribution in [-0.4, -0.2) is 26.8 Å². The van der Waals surface area contributed by atoms with Gasteiger partial charge in [-0.1, -0.05) is 0 Å². The second-order valence-corrected chi connectivity index (χ2v) is 5.02. The summed E-state index contributed by atoms with van der Waals surface area (Å²) < 4.78 is 10.9. The molecule has 3 N–H and O–H groups in total. The Labute approximate surface area is 108 Å². The van der Waals surface area contributed by atoms with Crippen LogP contribution in [0.2, 0.25) is 0 Å². The number of aryl methyl sites for hydroxylation is 1. The van der Waals surface area contributed by atoms with Gasteiger partial charge < -0.3 is 20.5 Å². The molecule has 0 spiro atoms. The molecule has 1 unspecified atom stereocenters. The summed E-state index contributed by atoms with van der Waals surface area (Å²) in [5.41, 5.74) is 8.31. The third-order valence-electron chi connectivity index (χ3n) is 3.75. The normalized spacial score (nSPS) is 18.3. The molecule has 1 aromatic rings. The van der Waals surface area contributed by atoms with Crippen LogP contribution < -0.4 is 20.5 Å². The molecule has 4 heteroatoms. The number of hydrogen-bond donors (Lipinski definition) is 2. The van der Waals surface area contributed by atoms with Crippen LogP contribution >= 0.6 is 0 Å². The first-order valence-electron chi connectivity index (χ1n) is 6.24. The molecule has 1 aliphatic carbocycles. The lowest BCUT2D eigenvalue weighted by atomic mass is 9.95. The van der Waals surface area contributed by atoms with E-state index in [2.05, 4.69) is 5.32 Å². The van der Waals surface area contributed by atoms with Crippen molar-refractivity contribution in [2.75, 3.05) is 21.3 Å². The topological polar surface area (TPSA) is 56.5 Å². The second-order valence-electron chi connectivity index (χ2n) is 5.02. The van der Waals surface area contributed by atoms with Gasteiger partial charge in [-0.2, -0.15) is 0 Å². The van der Waals surface area contributed by atoms with Gasteiger partial charge in [0.1, 0.15) is 11.5 Å². The van der Waals surface area contributed by atoms with E-state index in [1.165, 1.54) is 0 Å². The first-order valence-corrected chi connectivity index (χ1v) is 6.24. The fraction of sp³-hybridized carbons (Fsp3) is 0.571. The zero-order valence-corrected chi connectivity index (χ0v) is 11.5. The largest absolute Gasteiger partial charge is 0.496 e. The number of likely N-dealkylation sites (N-methyl/N-ethyl adjacent to an activating group) is 1. The van der Waals surface area contributed by atoms with Gasteiger partial charge in [-0.15, -0.1) is 0 Å². The molecule has 0 saturated heterocycles. The maximum absolute atomic E-state index is 6.33. The zero-order valence-electron chi connectivity index (χ0n) is 11.5. The number of benzene rings is 1. The van der Waals surface area contributed by atoms with Crippen molar-refractivity contribution in [3.8, 4) is 11.5 Å². The number of rotatable bonds is 5. The van der Waals surface area contributed by atoms with Gasteiger partial charge in [-0.25, -0.2) is 0 Å². The summed E-state index contributed by atoms with van der Waals surface area (Å²) in [6.45, 7) is 2.01. The first kappa shape index (κ1) is 13.2. The van der Waals surface area contributed by atoms with E-state index in [0.29, 0.717) is 0 Å². The van der Waals surface area contributed by atoms with Gasteiger partial charge in [0.2, 0.25) is 0 Å². The summed E-state index contributed by atoms with van der Waals surface area (Å²) in [5.74, 6) is 1.74. The number of hydrogen-bond acceptors (Lipinski definition) is 4. The second kappa shape index (κ2) is 4.78. The standard InChI is InChI=1S/C14H22N2O2/c1-9-7-12(18-4)10(8-11(9)17-3)13(16-2)14(15)5-6-14/h7-8,13,16H,5-6,15H2,1-4H3. The monoisotopic (exact) mass is 250 g/mol. The van der Waals surface area contributed by atoms with Crippen LogP contribution in [0, 0.1) is 6.92 Å². The lowest BCUT2D eigenvalue weighted by Gasteiger charge is -2.26. The average Bonchev–Trinajstić information content (AvgIpc) is 3.10. The van der Waals surface area contributed by atoms with E-state index in [4.69, 9.17) is 15.2 Å². The Kier molecular flexibility index (Phi) is 3.50. The van der Waals surface area contributed by atoms with E-state index < -0.39 is 0 Å². The number of nitrogens with one attached hydrogen (secondary N) is 1. The maximum Gasteiger partial charge on any atom is 0.124 e. The van der Waals surface area contributed by atoms with Crippen molar-refractivity contribution in [3.05, 3.63) is 23.3 Å². The van der Waals surface area contributed by atoms with Gasteiger partial charge in [0.25, 0.3) is 0 Å². The fourth-order valence-electron chi connectivity index (χ4n) is 2.49. The number of methoxy groups -OCH3 is 2. The zero-order chi connectivity index (χ0) is 13.3. The van der Waals surface area contributed by atoms with E-state index in [-0.39, 0.29) is 11.6 Å². The van der Waals surface area contributed by atoms with Crippen molar-refractivity contribution in [3.63, 3.8) is 0 Å². The van der Waals surface area contributed by atoms with E-state index >= 15 is 0 Å². The van der Waals surface area contributed by atoms with Gasteiger partial charge in [0.05, 0.1) is 20.3 Å². The van der Waals surface area contributed by atoms with Crippen LogP contribution in [0.3, 0.4) is 0 Å². The Morgan fingerprint density at radius 1 is 1.22 bits per heavy atom. The highest BCUT2D eigenvalue weighted by Crippen LogP contribution is 2.46. The van der Waals surface area contributed by atoms with Crippen LogP contribution in [0.25, 0.3) is 0 Å².